The molecule has 9 heavy (non-hydrogen) atoms. The summed E-state index contributed by atoms with van der Waals surface area (Å²) in [4.78, 5) is 0. The van der Waals surface area contributed by atoms with Gasteiger partial charge >= 0.3 is 0 Å². The van der Waals surface area contributed by atoms with Gasteiger partial charge in [-0.15, -0.1) is 17.0 Å². The highest BCUT2D eigenvalue weighted by atomic mass is 79.9. The van der Waals surface area contributed by atoms with E-state index in [2.05, 4.69) is 0 Å². The van der Waals surface area contributed by atoms with Crippen LogP contribution in [-0.4, -0.2) is 45.8 Å². The minimum Gasteiger partial charge on any atom is -0.394 e. The maximum absolute atomic E-state index is 8.47. The molecule has 0 aromatic heterocycles. The van der Waals surface area contributed by atoms with Crippen molar-refractivity contribution in [2.24, 2.45) is 0 Å². The molecular formula is C4H11BrO4. The van der Waals surface area contributed by atoms with Gasteiger partial charge in [-0.25, -0.2) is 0 Å². The van der Waals surface area contributed by atoms with Crippen molar-refractivity contribution in [3.05, 3.63) is 0 Å². The highest BCUT2D eigenvalue weighted by Gasteiger charge is 2.12. The fourth-order valence-corrected chi connectivity index (χ4v) is 0.243. The summed E-state index contributed by atoms with van der Waals surface area (Å²) >= 11 is 0. The molecule has 0 aliphatic rings. The Hall–Kier alpha value is 0.320. The molecule has 0 aliphatic carbocycles. The lowest BCUT2D eigenvalue weighted by Gasteiger charge is -2.10. The van der Waals surface area contributed by atoms with Crippen LogP contribution in [0.3, 0.4) is 0 Å². The minimum absolute atomic E-state index is 0. The zero-order valence-corrected chi connectivity index (χ0v) is 6.48. The third-order valence-corrected chi connectivity index (χ3v) is 0.818. The first kappa shape index (κ1) is 12.0. The molecule has 0 heterocycles. The van der Waals surface area contributed by atoms with E-state index in [1.807, 2.05) is 0 Å². The Labute approximate surface area is 63.5 Å². The van der Waals surface area contributed by atoms with Gasteiger partial charge in [-0.2, -0.15) is 0 Å². The van der Waals surface area contributed by atoms with Crippen LogP contribution in [0.5, 0.6) is 0 Å². The Morgan fingerprint density at radius 3 is 1.22 bits per heavy atom. The van der Waals surface area contributed by atoms with Gasteiger partial charge in [0, 0.05) is 0 Å². The smallest absolute Gasteiger partial charge is 0.105 e. The Morgan fingerprint density at radius 1 is 0.889 bits per heavy atom. The lowest BCUT2D eigenvalue weighted by molar-refractivity contribution is -0.0388. The Balaban J connectivity index is 0. The quantitative estimate of drug-likeness (QED) is 0.439. The van der Waals surface area contributed by atoms with E-state index in [9.17, 15) is 0 Å². The molecule has 0 rings (SSSR count). The lowest BCUT2D eigenvalue weighted by Crippen LogP contribution is -2.31. The summed E-state index contributed by atoms with van der Waals surface area (Å²) in [7, 11) is 0. The number of rotatable bonds is 3. The molecule has 4 nitrogen and oxygen atoms in total. The van der Waals surface area contributed by atoms with Gasteiger partial charge in [-0.1, -0.05) is 0 Å². The fourth-order valence-electron chi connectivity index (χ4n) is 0.243. The van der Waals surface area contributed by atoms with E-state index in [-0.39, 0.29) is 17.0 Å². The largest absolute Gasteiger partial charge is 0.394 e. The predicted molar refractivity (Wildman–Crippen MR) is 36.5 cm³/mol. The second-order valence-electron chi connectivity index (χ2n) is 1.50. The molecule has 2 atom stereocenters. The van der Waals surface area contributed by atoms with Gasteiger partial charge in [-0.05, 0) is 0 Å². The molecule has 0 fully saturated rings. The van der Waals surface area contributed by atoms with Crippen molar-refractivity contribution < 1.29 is 20.4 Å². The predicted octanol–water partition coefficient (Wildman–Crippen LogP) is -1.73. The molecule has 0 spiro atoms. The zero-order valence-electron chi connectivity index (χ0n) is 4.77. The summed E-state index contributed by atoms with van der Waals surface area (Å²) < 4.78 is 0. The van der Waals surface area contributed by atoms with E-state index in [0.717, 1.165) is 0 Å². The third-order valence-electron chi connectivity index (χ3n) is 0.818. The van der Waals surface area contributed by atoms with Crippen LogP contribution in [0.4, 0.5) is 0 Å². The number of aliphatic hydroxyl groups is 4. The van der Waals surface area contributed by atoms with E-state index < -0.39 is 25.4 Å². The Kier molecular flexibility index (Phi) is 8.62. The molecule has 4 N–H and O–H groups in total. The van der Waals surface area contributed by atoms with Crippen LogP contribution in [0.15, 0.2) is 0 Å². The average molecular weight is 203 g/mol. The summed E-state index contributed by atoms with van der Waals surface area (Å²) in [5, 5.41) is 33.2. The number of hydrogen-bond donors (Lipinski definition) is 4. The van der Waals surface area contributed by atoms with Crippen molar-refractivity contribution in [2.75, 3.05) is 13.2 Å². The third kappa shape index (κ3) is 4.80. The number of aliphatic hydroxyl groups excluding tert-OH is 4. The first-order valence-corrected chi connectivity index (χ1v) is 2.30. The molecular weight excluding hydrogens is 192 g/mol. The second kappa shape index (κ2) is 6.44. The highest BCUT2D eigenvalue weighted by Crippen LogP contribution is 1.88. The summed E-state index contributed by atoms with van der Waals surface area (Å²) in [6.07, 6.45) is -2.44. The molecule has 0 aromatic carbocycles. The van der Waals surface area contributed by atoms with Crippen molar-refractivity contribution in [1.29, 1.82) is 0 Å². The maximum Gasteiger partial charge on any atom is 0.105 e. The summed E-state index contributed by atoms with van der Waals surface area (Å²) in [5.41, 5.74) is 0. The normalized spacial score (nSPS) is 16.0. The molecule has 0 amide bonds. The molecule has 0 aliphatic heterocycles. The number of halogens is 1. The van der Waals surface area contributed by atoms with E-state index in [1.54, 1.807) is 0 Å². The summed E-state index contributed by atoms with van der Waals surface area (Å²) in [6.45, 7) is -1.05. The van der Waals surface area contributed by atoms with Gasteiger partial charge in [0.05, 0.1) is 13.2 Å². The van der Waals surface area contributed by atoms with Crippen LogP contribution in [-0.2, 0) is 0 Å². The maximum atomic E-state index is 8.47. The molecule has 0 saturated carbocycles. The summed E-state index contributed by atoms with van der Waals surface area (Å²) in [6, 6.07) is 0. The molecule has 0 bridgehead atoms. The monoisotopic (exact) mass is 202 g/mol. The van der Waals surface area contributed by atoms with Crippen molar-refractivity contribution >= 4 is 17.0 Å². The van der Waals surface area contributed by atoms with Crippen molar-refractivity contribution in [1.82, 2.24) is 0 Å². The van der Waals surface area contributed by atoms with Crippen LogP contribution in [0.1, 0.15) is 0 Å². The fraction of sp³-hybridized carbons (Fsp3) is 1.00. The molecule has 58 valence electrons. The van der Waals surface area contributed by atoms with E-state index in [0.29, 0.717) is 0 Å². The Bertz CT molecular complexity index is 52.5. The topological polar surface area (TPSA) is 80.9 Å². The van der Waals surface area contributed by atoms with Crippen LogP contribution in [0.25, 0.3) is 0 Å². The Morgan fingerprint density at radius 2 is 1.11 bits per heavy atom. The highest BCUT2D eigenvalue weighted by molar-refractivity contribution is 8.93. The second-order valence-corrected chi connectivity index (χ2v) is 1.50. The molecule has 5 heteroatoms. The van der Waals surface area contributed by atoms with Crippen LogP contribution < -0.4 is 0 Å². The van der Waals surface area contributed by atoms with Crippen LogP contribution in [0.2, 0.25) is 0 Å². The van der Waals surface area contributed by atoms with E-state index >= 15 is 0 Å². The van der Waals surface area contributed by atoms with Crippen molar-refractivity contribution in [3.8, 4) is 0 Å². The van der Waals surface area contributed by atoms with Gasteiger partial charge in [-0.3, -0.25) is 0 Å². The standard InChI is InChI=1S/C4H10O4.BrH/c5-1-3(7)4(8)2-6;/h3-8H,1-2H2;1H. The van der Waals surface area contributed by atoms with E-state index in [4.69, 9.17) is 20.4 Å². The van der Waals surface area contributed by atoms with Gasteiger partial charge in [0.15, 0.2) is 0 Å². The van der Waals surface area contributed by atoms with Gasteiger partial charge < -0.3 is 20.4 Å². The molecule has 0 saturated heterocycles. The van der Waals surface area contributed by atoms with Crippen LogP contribution >= 0.6 is 17.0 Å². The average Bonchev–Trinajstić information content (AvgIpc) is 1.84. The van der Waals surface area contributed by atoms with Gasteiger partial charge in [0.1, 0.15) is 12.2 Å². The molecule has 0 radical (unpaired) electrons. The SMILES string of the molecule is Br.OCC(O)C(O)CO. The zero-order chi connectivity index (χ0) is 6.57. The van der Waals surface area contributed by atoms with Crippen LogP contribution in [0, 0.1) is 0 Å². The molecule has 0 aromatic rings. The lowest BCUT2D eigenvalue weighted by atomic mass is 10.2. The first-order chi connectivity index (χ1) is 3.72. The van der Waals surface area contributed by atoms with Gasteiger partial charge in [0.2, 0.25) is 0 Å². The first-order valence-electron chi connectivity index (χ1n) is 2.30. The minimum atomic E-state index is -1.22. The number of hydrogen-bond acceptors (Lipinski definition) is 4. The molecule has 2 unspecified atom stereocenters. The van der Waals surface area contributed by atoms with Gasteiger partial charge in [0.25, 0.3) is 0 Å². The van der Waals surface area contributed by atoms with E-state index in [1.165, 1.54) is 0 Å². The van der Waals surface area contributed by atoms with Crippen molar-refractivity contribution in [3.63, 3.8) is 0 Å². The summed E-state index contributed by atoms with van der Waals surface area (Å²) in [5.74, 6) is 0. The van der Waals surface area contributed by atoms with Crippen molar-refractivity contribution in [2.45, 2.75) is 12.2 Å².